The first-order valence-corrected chi connectivity index (χ1v) is 10.5. The van der Waals surface area contributed by atoms with Crippen LogP contribution in [-0.4, -0.2) is 98.4 Å². The quantitative estimate of drug-likeness (QED) is 0.712. The Morgan fingerprint density at radius 2 is 1.91 bits per heavy atom. The van der Waals surface area contributed by atoms with Gasteiger partial charge in [0.2, 0.25) is 5.95 Å². The van der Waals surface area contributed by atoms with E-state index in [0.717, 1.165) is 77.2 Å². The number of carboxylic acid groups (broad SMARTS) is 1. The van der Waals surface area contributed by atoms with Crippen LogP contribution < -0.4 is 4.90 Å². The normalized spacial score (nSPS) is 23.6. The van der Waals surface area contributed by atoms with Gasteiger partial charge in [0.05, 0.1) is 44.1 Å². The van der Waals surface area contributed by atoms with Gasteiger partial charge in [-0.05, 0) is 19.9 Å². The van der Waals surface area contributed by atoms with Gasteiger partial charge in [0, 0.05) is 44.5 Å². The average molecular weight is 462 g/mol. The Hall–Kier alpha value is -2.02. The van der Waals surface area contributed by atoms with Crippen LogP contribution in [0.15, 0.2) is 0 Å². The fraction of sp³-hybridized carbons (Fsp3) is 0.750. The van der Waals surface area contributed by atoms with E-state index >= 15 is 0 Å². The summed E-state index contributed by atoms with van der Waals surface area (Å²) in [5, 5.41) is 7.12. The van der Waals surface area contributed by atoms with E-state index in [9.17, 15) is 13.2 Å². The van der Waals surface area contributed by atoms with Crippen LogP contribution in [-0.2, 0) is 31.0 Å². The van der Waals surface area contributed by atoms with Crippen molar-refractivity contribution in [3.05, 3.63) is 17.0 Å². The maximum absolute atomic E-state index is 10.6. The lowest BCUT2D eigenvalue weighted by Crippen LogP contribution is -2.43. The Morgan fingerprint density at radius 1 is 1.22 bits per heavy atom. The van der Waals surface area contributed by atoms with Gasteiger partial charge in [0.1, 0.15) is 0 Å². The summed E-state index contributed by atoms with van der Waals surface area (Å²) in [6.45, 7) is 10.5. The number of ether oxygens (including phenoxy) is 3. The summed E-state index contributed by atoms with van der Waals surface area (Å²) in [6.07, 6.45) is -4.00. The fourth-order valence-corrected chi connectivity index (χ4v) is 4.19. The molecule has 1 unspecified atom stereocenters. The standard InChI is InChI=1S/C18H28N4O3.C2HF3O2/c1-14-15-11-25-13-18(3-4-21(12-18)5-8-23-2)16(15)20-17(19-14)22-6-9-24-10-7-22;3-2(4,5)1(6)7/h3-13H2,1-2H3;(H,6,7). The van der Waals surface area contributed by atoms with E-state index in [-0.39, 0.29) is 5.41 Å². The minimum atomic E-state index is -5.08. The smallest absolute Gasteiger partial charge is 0.475 e. The van der Waals surface area contributed by atoms with Crippen LogP contribution in [0.2, 0.25) is 0 Å². The highest BCUT2D eigenvalue weighted by Crippen LogP contribution is 2.40. The number of nitrogens with zero attached hydrogens (tertiary/aromatic N) is 4. The van der Waals surface area contributed by atoms with Gasteiger partial charge >= 0.3 is 12.1 Å². The molecule has 0 radical (unpaired) electrons. The number of rotatable bonds is 4. The van der Waals surface area contributed by atoms with E-state index in [4.69, 9.17) is 34.1 Å². The predicted octanol–water partition coefficient (Wildman–Crippen LogP) is 1.38. The van der Waals surface area contributed by atoms with Gasteiger partial charge in [-0.15, -0.1) is 0 Å². The average Bonchev–Trinajstić information content (AvgIpc) is 3.17. The Balaban J connectivity index is 0.000000360. The van der Waals surface area contributed by atoms with Gasteiger partial charge in [0.25, 0.3) is 0 Å². The molecule has 3 aliphatic rings. The van der Waals surface area contributed by atoms with Crippen LogP contribution in [0.1, 0.15) is 23.4 Å². The van der Waals surface area contributed by atoms with Crippen molar-refractivity contribution in [1.82, 2.24) is 14.9 Å². The van der Waals surface area contributed by atoms with E-state index in [1.165, 1.54) is 11.3 Å². The third kappa shape index (κ3) is 5.66. The summed E-state index contributed by atoms with van der Waals surface area (Å²) in [5.74, 6) is -1.90. The first-order chi connectivity index (χ1) is 15.2. The molecule has 1 aromatic heterocycles. The van der Waals surface area contributed by atoms with Crippen molar-refractivity contribution in [3.8, 4) is 0 Å². The molecule has 0 aliphatic carbocycles. The van der Waals surface area contributed by atoms with E-state index in [0.29, 0.717) is 6.61 Å². The predicted molar refractivity (Wildman–Crippen MR) is 108 cm³/mol. The molecular formula is C20H29F3N4O5. The van der Waals surface area contributed by atoms with Gasteiger partial charge in [-0.25, -0.2) is 14.8 Å². The second kappa shape index (κ2) is 10.3. The number of alkyl halides is 3. The van der Waals surface area contributed by atoms with Crippen LogP contribution in [0, 0.1) is 6.92 Å². The van der Waals surface area contributed by atoms with Crippen molar-refractivity contribution in [2.45, 2.75) is 31.5 Å². The molecule has 32 heavy (non-hydrogen) atoms. The molecule has 2 fully saturated rings. The Labute approximate surface area is 184 Å². The lowest BCUT2D eigenvalue weighted by atomic mass is 9.80. The van der Waals surface area contributed by atoms with Gasteiger partial charge in [-0.3, -0.25) is 4.90 Å². The van der Waals surface area contributed by atoms with Crippen molar-refractivity contribution in [2.24, 2.45) is 0 Å². The zero-order valence-electron chi connectivity index (χ0n) is 18.3. The summed E-state index contributed by atoms with van der Waals surface area (Å²) in [6, 6.07) is 0. The van der Waals surface area contributed by atoms with E-state index < -0.39 is 12.1 Å². The molecule has 0 bridgehead atoms. The highest BCUT2D eigenvalue weighted by molar-refractivity contribution is 5.73. The number of aryl methyl sites for hydroxylation is 1. The molecule has 12 heteroatoms. The molecule has 1 aromatic rings. The number of hydrogen-bond acceptors (Lipinski definition) is 8. The third-order valence-corrected chi connectivity index (χ3v) is 5.91. The highest BCUT2D eigenvalue weighted by Gasteiger charge is 2.45. The molecule has 9 nitrogen and oxygen atoms in total. The van der Waals surface area contributed by atoms with Crippen LogP contribution in [0.4, 0.5) is 19.1 Å². The van der Waals surface area contributed by atoms with Gasteiger partial charge in [-0.1, -0.05) is 0 Å². The number of morpholine rings is 1. The largest absolute Gasteiger partial charge is 0.490 e. The maximum Gasteiger partial charge on any atom is 0.490 e. The van der Waals surface area contributed by atoms with Crippen molar-refractivity contribution < 1.29 is 37.3 Å². The molecule has 1 spiro atoms. The van der Waals surface area contributed by atoms with Gasteiger partial charge in [0.15, 0.2) is 0 Å². The number of aromatic nitrogens is 2. The number of halogens is 3. The molecular weight excluding hydrogens is 433 g/mol. The molecule has 0 amide bonds. The first-order valence-electron chi connectivity index (χ1n) is 10.5. The number of likely N-dealkylation sites (tertiary alicyclic amines) is 1. The summed E-state index contributed by atoms with van der Waals surface area (Å²) < 4.78 is 48.4. The summed E-state index contributed by atoms with van der Waals surface area (Å²) in [4.78, 5) is 23.5. The first kappa shape index (κ1) is 24.6. The minimum Gasteiger partial charge on any atom is -0.475 e. The Morgan fingerprint density at radius 3 is 2.53 bits per heavy atom. The summed E-state index contributed by atoms with van der Waals surface area (Å²) in [5.41, 5.74) is 3.46. The van der Waals surface area contributed by atoms with Crippen LogP contribution in [0.25, 0.3) is 0 Å². The minimum absolute atomic E-state index is 0.00391. The van der Waals surface area contributed by atoms with Crippen molar-refractivity contribution >= 4 is 11.9 Å². The van der Waals surface area contributed by atoms with Gasteiger partial charge < -0.3 is 24.2 Å². The van der Waals surface area contributed by atoms with Crippen LogP contribution >= 0.6 is 0 Å². The number of anilines is 1. The third-order valence-electron chi connectivity index (χ3n) is 5.91. The Kier molecular flexibility index (Phi) is 7.91. The van der Waals surface area contributed by atoms with Crippen LogP contribution in [0.5, 0.6) is 0 Å². The lowest BCUT2D eigenvalue weighted by Gasteiger charge is -2.36. The molecule has 0 aromatic carbocycles. The monoisotopic (exact) mass is 462 g/mol. The SMILES string of the molecule is COCCN1CCC2(COCc3c(C)nc(N4CCOCC4)nc32)C1.O=C(O)C(F)(F)F. The second-order valence-electron chi connectivity index (χ2n) is 8.13. The topological polar surface area (TPSA) is 97.3 Å². The molecule has 1 atom stereocenters. The summed E-state index contributed by atoms with van der Waals surface area (Å²) in [7, 11) is 1.76. The van der Waals surface area contributed by atoms with Crippen LogP contribution in [0.3, 0.4) is 0 Å². The second-order valence-corrected chi connectivity index (χ2v) is 8.13. The van der Waals surface area contributed by atoms with E-state index in [1.807, 2.05) is 0 Å². The molecule has 3 aliphatic heterocycles. The number of carboxylic acids is 1. The zero-order chi connectivity index (χ0) is 23.4. The number of methoxy groups -OCH3 is 1. The fourth-order valence-electron chi connectivity index (χ4n) is 4.19. The van der Waals surface area contributed by atoms with Gasteiger partial charge in [-0.2, -0.15) is 13.2 Å². The molecule has 2 saturated heterocycles. The number of carbonyl (C=O) groups is 1. The van der Waals surface area contributed by atoms with Crippen molar-refractivity contribution in [3.63, 3.8) is 0 Å². The lowest BCUT2D eigenvalue weighted by molar-refractivity contribution is -0.192. The maximum atomic E-state index is 10.6. The highest BCUT2D eigenvalue weighted by atomic mass is 19.4. The molecule has 4 rings (SSSR count). The number of aliphatic carboxylic acids is 1. The molecule has 1 N–H and O–H groups in total. The van der Waals surface area contributed by atoms with Crippen molar-refractivity contribution in [2.75, 3.05) is 71.2 Å². The van der Waals surface area contributed by atoms with Crippen molar-refractivity contribution in [1.29, 1.82) is 0 Å². The zero-order valence-corrected chi connectivity index (χ0v) is 18.3. The molecule has 180 valence electrons. The molecule has 4 heterocycles. The number of hydrogen-bond donors (Lipinski definition) is 1. The summed E-state index contributed by atoms with van der Waals surface area (Å²) >= 11 is 0. The number of fused-ring (bicyclic) bond motifs is 2. The molecule has 0 saturated carbocycles. The Bertz CT molecular complexity index is 804. The van der Waals surface area contributed by atoms with E-state index in [1.54, 1.807) is 7.11 Å². The van der Waals surface area contributed by atoms with E-state index in [2.05, 4.69) is 16.7 Å².